The minimum absolute atomic E-state index is 0.263. The summed E-state index contributed by atoms with van der Waals surface area (Å²) >= 11 is 5.87. The number of carbonyl (C=O) groups excluding carboxylic acids is 1. The van der Waals surface area contributed by atoms with E-state index in [1.165, 1.54) is 0 Å². The zero-order chi connectivity index (χ0) is 11.5. The van der Waals surface area contributed by atoms with Crippen molar-refractivity contribution < 1.29 is 4.79 Å². The standard InChI is InChI=1S/C13H14ClNO/c1-9-7-11(14)5-6-12(9)15-8-10-3-2-4-13(10)16/h5-8,15H,2-4H2,1H3/b10-8-. The van der Waals surface area contributed by atoms with Crippen molar-refractivity contribution in [1.29, 1.82) is 0 Å². The monoisotopic (exact) mass is 235 g/mol. The van der Waals surface area contributed by atoms with E-state index < -0.39 is 0 Å². The summed E-state index contributed by atoms with van der Waals surface area (Å²) in [4.78, 5) is 11.4. The number of benzene rings is 1. The van der Waals surface area contributed by atoms with Gasteiger partial charge in [-0.3, -0.25) is 4.79 Å². The van der Waals surface area contributed by atoms with Crippen LogP contribution in [0.25, 0.3) is 0 Å². The summed E-state index contributed by atoms with van der Waals surface area (Å²) in [7, 11) is 0. The normalized spacial score (nSPS) is 18.1. The predicted octanol–water partition coefficient (Wildman–Crippen LogP) is 3.70. The van der Waals surface area contributed by atoms with E-state index in [-0.39, 0.29) is 5.78 Å². The second kappa shape index (κ2) is 4.71. The van der Waals surface area contributed by atoms with E-state index in [1.54, 1.807) is 0 Å². The Morgan fingerprint density at radius 1 is 1.38 bits per heavy atom. The van der Waals surface area contributed by atoms with Crippen molar-refractivity contribution in [1.82, 2.24) is 0 Å². The van der Waals surface area contributed by atoms with Crippen molar-refractivity contribution in [2.75, 3.05) is 5.32 Å². The van der Waals surface area contributed by atoms with Crippen LogP contribution in [0.5, 0.6) is 0 Å². The van der Waals surface area contributed by atoms with Gasteiger partial charge < -0.3 is 5.32 Å². The molecule has 0 amide bonds. The molecule has 1 aliphatic carbocycles. The Morgan fingerprint density at radius 2 is 2.19 bits per heavy atom. The average molecular weight is 236 g/mol. The van der Waals surface area contributed by atoms with Crippen molar-refractivity contribution in [2.24, 2.45) is 0 Å². The number of carbonyl (C=O) groups is 1. The fourth-order valence-electron chi connectivity index (χ4n) is 1.85. The number of halogens is 1. The number of allylic oxidation sites excluding steroid dienone is 1. The number of hydrogen-bond donors (Lipinski definition) is 1. The van der Waals surface area contributed by atoms with Crippen LogP contribution in [0.15, 0.2) is 30.0 Å². The summed E-state index contributed by atoms with van der Waals surface area (Å²) in [5.41, 5.74) is 2.97. The fourth-order valence-corrected chi connectivity index (χ4v) is 2.07. The maximum absolute atomic E-state index is 11.4. The van der Waals surface area contributed by atoms with Crippen LogP contribution in [0.1, 0.15) is 24.8 Å². The van der Waals surface area contributed by atoms with Gasteiger partial charge in [-0.05, 0) is 43.5 Å². The molecule has 16 heavy (non-hydrogen) atoms. The van der Waals surface area contributed by atoms with Crippen LogP contribution in [-0.4, -0.2) is 5.78 Å². The zero-order valence-corrected chi connectivity index (χ0v) is 9.97. The molecule has 0 saturated heterocycles. The number of nitrogens with one attached hydrogen (secondary N) is 1. The molecule has 0 heterocycles. The molecule has 0 bridgehead atoms. The quantitative estimate of drug-likeness (QED) is 0.792. The molecular formula is C13H14ClNO. The summed E-state index contributed by atoms with van der Waals surface area (Å²) in [6.45, 7) is 1.99. The van der Waals surface area contributed by atoms with Crippen molar-refractivity contribution >= 4 is 23.1 Å². The number of hydrogen-bond acceptors (Lipinski definition) is 2. The van der Waals surface area contributed by atoms with E-state index in [4.69, 9.17) is 11.6 Å². The highest BCUT2D eigenvalue weighted by Gasteiger charge is 2.16. The second-order valence-electron chi connectivity index (χ2n) is 4.05. The number of ketones is 1. The minimum atomic E-state index is 0.263. The number of aryl methyl sites for hydroxylation is 1. The van der Waals surface area contributed by atoms with E-state index in [1.807, 2.05) is 31.3 Å². The van der Waals surface area contributed by atoms with Gasteiger partial charge in [0.25, 0.3) is 0 Å². The van der Waals surface area contributed by atoms with Gasteiger partial charge in [-0.15, -0.1) is 0 Å². The van der Waals surface area contributed by atoms with Gasteiger partial charge in [0.1, 0.15) is 0 Å². The van der Waals surface area contributed by atoms with E-state index >= 15 is 0 Å². The minimum Gasteiger partial charge on any atom is -0.361 e. The number of rotatable bonds is 2. The van der Waals surface area contributed by atoms with Crippen LogP contribution >= 0.6 is 11.6 Å². The van der Waals surface area contributed by atoms with E-state index in [0.717, 1.165) is 34.7 Å². The predicted molar refractivity (Wildman–Crippen MR) is 66.8 cm³/mol. The van der Waals surface area contributed by atoms with Crippen molar-refractivity contribution in [3.05, 3.63) is 40.6 Å². The molecular weight excluding hydrogens is 222 g/mol. The molecule has 2 nitrogen and oxygen atoms in total. The molecule has 0 unspecified atom stereocenters. The largest absolute Gasteiger partial charge is 0.361 e. The Kier molecular flexibility index (Phi) is 3.30. The van der Waals surface area contributed by atoms with Gasteiger partial charge in [-0.2, -0.15) is 0 Å². The van der Waals surface area contributed by atoms with E-state index in [9.17, 15) is 4.79 Å². The molecule has 0 atom stereocenters. The Bertz CT molecular complexity index is 451. The lowest BCUT2D eigenvalue weighted by atomic mass is 10.2. The van der Waals surface area contributed by atoms with Crippen molar-refractivity contribution in [3.63, 3.8) is 0 Å². The first-order chi connectivity index (χ1) is 7.66. The van der Waals surface area contributed by atoms with Gasteiger partial charge in [0, 0.05) is 28.9 Å². The third-order valence-corrected chi connectivity index (χ3v) is 3.03. The highest BCUT2D eigenvalue weighted by molar-refractivity contribution is 6.30. The van der Waals surface area contributed by atoms with Crippen LogP contribution in [0, 0.1) is 6.92 Å². The van der Waals surface area contributed by atoms with Crippen LogP contribution in [-0.2, 0) is 4.79 Å². The van der Waals surface area contributed by atoms with Crippen LogP contribution in [0.2, 0.25) is 5.02 Å². The lowest BCUT2D eigenvalue weighted by molar-refractivity contribution is -0.114. The van der Waals surface area contributed by atoms with Crippen LogP contribution in [0.4, 0.5) is 5.69 Å². The van der Waals surface area contributed by atoms with Gasteiger partial charge in [-0.25, -0.2) is 0 Å². The van der Waals surface area contributed by atoms with Crippen molar-refractivity contribution in [3.8, 4) is 0 Å². The Balaban J connectivity index is 2.12. The molecule has 2 rings (SSSR count). The molecule has 1 fully saturated rings. The summed E-state index contributed by atoms with van der Waals surface area (Å²) in [6, 6.07) is 5.67. The van der Waals surface area contributed by atoms with E-state index in [0.29, 0.717) is 6.42 Å². The molecule has 3 heteroatoms. The summed E-state index contributed by atoms with van der Waals surface area (Å²) in [6.07, 6.45) is 4.38. The lowest BCUT2D eigenvalue weighted by Crippen LogP contribution is -1.97. The summed E-state index contributed by atoms with van der Waals surface area (Å²) in [5, 5.41) is 3.90. The van der Waals surface area contributed by atoms with E-state index in [2.05, 4.69) is 5.32 Å². The van der Waals surface area contributed by atoms with Gasteiger partial charge in [0.05, 0.1) is 0 Å². The topological polar surface area (TPSA) is 29.1 Å². The first-order valence-corrected chi connectivity index (χ1v) is 5.79. The molecule has 1 aromatic rings. The summed E-state index contributed by atoms with van der Waals surface area (Å²) in [5.74, 6) is 0.263. The Hall–Kier alpha value is -1.28. The molecule has 1 N–H and O–H groups in total. The van der Waals surface area contributed by atoms with Gasteiger partial charge in [0.15, 0.2) is 5.78 Å². The molecule has 0 radical (unpaired) electrons. The smallest absolute Gasteiger partial charge is 0.160 e. The van der Waals surface area contributed by atoms with Crippen LogP contribution < -0.4 is 5.32 Å². The molecule has 0 aliphatic heterocycles. The molecule has 0 spiro atoms. The number of Topliss-reactive ketones (excluding diaryl/α,β-unsaturated/α-hetero) is 1. The maximum atomic E-state index is 11.4. The third kappa shape index (κ3) is 2.45. The second-order valence-corrected chi connectivity index (χ2v) is 4.49. The van der Waals surface area contributed by atoms with Crippen LogP contribution in [0.3, 0.4) is 0 Å². The zero-order valence-electron chi connectivity index (χ0n) is 9.22. The van der Waals surface area contributed by atoms with Gasteiger partial charge in [0.2, 0.25) is 0 Å². The molecule has 1 aliphatic rings. The summed E-state index contributed by atoms with van der Waals surface area (Å²) < 4.78 is 0. The Morgan fingerprint density at radius 3 is 2.81 bits per heavy atom. The Labute approximate surface area is 100 Å². The lowest BCUT2D eigenvalue weighted by Gasteiger charge is -2.06. The first kappa shape index (κ1) is 11.2. The van der Waals surface area contributed by atoms with Gasteiger partial charge >= 0.3 is 0 Å². The average Bonchev–Trinajstić information content (AvgIpc) is 2.63. The van der Waals surface area contributed by atoms with Gasteiger partial charge in [-0.1, -0.05) is 11.6 Å². The first-order valence-electron chi connectivity index (χ1n) is 5.42. The third-order valence-electron chi connectivity index (χ3n) is 2.80. The highest BCUT2D eigenvalue weighted by Crippen LogP contribution is 2.23. The number of anilines is 1. The molecule has 0 aromatic heterocycles. The SMILES string of the molecule is Cc1cc(Cl)ccc1N/C=C1/CCCC1=O. The highest BCUT2D eigenvalue weighted by atomic mass is 35.5. The fraction of sp³-hybridized carbons (Fsp3) is 0.308. The maximum Gasteiger partial charge on any atom is 0.160 e. The van der Waals surface area contributed by atoms with Crippen molar-refractivity contribution in [2.45, 2.75) is 26.2 Å². The molecule has 1 aromatic carbocycles. The molecule has 1 saturated carbocycles. The molecule has 84 valence electrons.